The molecule has 2 unspecified atom stereocenters. The first-order valence-corrected chi connectivity index (χ1v) is 8.13. The smallest absolute Gasteiger partial charge is 0.0593 e. The third-order valence-electron chi connectivity index (χ3n) is 4.42. The normalized spacial score (nSPS) is 29.4. The Balaban J connectivity index is 1.77. The molecule has 1 aliphatic heterocycles. The fraction of sp³-hybridized carbons (Fsp3) is 1.00. The average Bonchev–Trinajstić information content (AvgIpc) is 3.18. The lowest BCUT2D eigenvalue weighted by atomic mass is 9.97. The maximum atomic E-state index is 5.78. The molecule has 0 aromatic heterocycles. The average molecular weight is 268 g/mol. The second-order valence-electron chi connectivity index (χ2n) is 7.13. The highest BCUT2D eigenvalue weighted by molar-refractivity contribution is 4.95. The van der Waals surface area contributed by atoms with E-state index in [1.54, 1.807) is 0 Å². The zero-order valence-electron chi connectivity index (χ0n) is 13.2. The van der Waals surface area contributed by atoms with Crippen LogP contribution in [0.15, 0.2) is 0 Å². The van der Waals surface area contributed by atoms with Crippen LogP contribution >= 0.6 is 0 Å². The molecule has 1 aliphatic carbocycles. The van der Waals surface area contributed by atoms with Crippen molar-refractivity contribution in [2.75, 3.05) is 32.8 Å². The summed E-state index contributed by atoms with van der Waals surface area (Å²) in [6.45, 7) is 14.4. The first-order valence-electron chi connectivity index (χ1n) is 8.13. The van der Waals surface area contributed by atoms with E-state index in [0.29, 0.717) is 12.0 Å². The molecule has 0 radical (unpaired) electrons. The van der Waals surface area contributed by atoms with Crippen LogP contribution in [0.5, 0.6) is 0 Å². The molecule has 1 N–H and O–H groups in total. The Hall–Kier alpha value is -0.120. The monoisotopic (exact) mass is 268 g/mol. The summed E-state index contributed by atoms with van der Waals surface area (Å²) in [5.41, 5.74) is 0. The van der Waals surface area contributed by atoms with Gasteiger partial charge in [-0.15, -0.1) is 0 Å². The van der Waals surface area contributed by atoms with Gasteiger partial charge in [0.1, 0.15) is 0 Å². The molecule has 3 nitrogen and oxygen atoms in total. The highest BCUT2D eigenvalue weighted by Crippen LogP contribution is 2.34. The van der Waals surface area contributed by atoms with Crippen LogP contribution in [0, 0.1) is 17.8 Å². The fourth-order valence-electron chi connectivity index (χ4n) is 3.08. The molecule has 0 amide bonds. The Morgan fingerprint density at radius 2 is 1.95 bits per heavy atom. The van der Waals surface area contributed by atoms with Gasteiger partial charge in [0.2, 0.25) is 0 Å². The minimum atomic E-state index is 0.642. The number of piperazine rings is 1. The second kappa shape index (κ2) is 7.05. The topological polar surface area (TPSA) is 24.5 Å². The number of nitrogens with one attached hydrogen (secondary N) is 1. The van der Waals surface area contributed by atoms with Gasteiger partial charge in [-0.25, -0.2) is 0 Å². The van der Waals surface area contributed by atoms with Crippen LogP contribution < -0.4 is 5.32 Å². The molecule has 2 aliphatic rings. The minimum Gasteiger partial charge on any atom is -0.380 e. The molecule has 112 valence electrons. The van der Waals surface area contributed by atoms with Crippen LogP contribution in [0.3, 0.4) is 0 Å². The van der Waals surface area contributed by atoms with Crippen LogP contribution in [0.2, 0.25) is 0 Å². The second-order valence-corrected chi connectivity index (χ2v) is 7.13. The van der Waals surface area contributed by atoms with Crippen LogP contribution in [-0.4, -0.2) is 49.8 Å². The van der Waals surface area contributed by atoms with Crippen molar-refractivity contribution in [3.05, 3.63) is 0 Å². The Bertz CT molecular complexity index is 263. The van der Waals surface area contributed by atoms with Crippen molar-refractivity contribution < 1.29 is 4.74 Å². The largest absolute Gasteiger partial charge is 0.380 e. The molecule has 1 heterocycles. The summed E-state index contributed by atoms with van der Waals surface area (Å²) in [6.07, 6.45) is 2.86. The van der Waals surface area contributed by atoms with Gasteiger partial charge in [-0.1, -0.05) is 27.7 Å². The Labute approximate surface area is 119 Å². The SMILES string of the molecule is CC(C)COCCN1CC(C2CC2)NCC1C(C)C. The Morgan fingerprint density at radius 1 is 1.21 bits per heavy atom. The number of hydrogen-bond donors (Lipinski definition) is 1. The predicted octanol–water partition coefficient (Wildman–Crippen LogP) is 2.37. The minimum absolute atomic E-state index is 0.642. The van der Waals surface area contributed by atoms with E-state index < -0.39 is 0 Å². The van der Waals surface area contributed by atoms with Crippen molar-refractivity contribution >= 4 is 0 Å². The third kappa shape index (κ3) is 4.73. The van der Waals surface area contributed by atoms with Crippen molar-refractivity contribution in [1.82, 2.24) is 10.2 Å². The number of hydrogen-bond acceptors (Lipinski definition) is 3. The quantitative estimate of drug-likeness (QED) is 0.718. The number of rotatable bonds is 7. The van der Waals surface area contributed by atoms with Crippen LogP contribution in [0.25, 0.3) is 0 Å². The molecule has 0 aromatic carbocycles. The van der Waals surface area contributed by atoms with Crippen molar-refractivity contribution in [3.63, 3.8) is 0 Å². The molecule has 0 bridgehead atoms. The number of nitrogens with zero attached hydrogens (tertiary/aromatic N) is 1. The standard InChI is InChI=1S/C16H32N2O/c1-12(2)11-19-8-7-18-10-15(14-5-6-14)17-9-16(18)13(3)4/h12-17H,5-11H2,1-4H3. The lowest BCUT2D eigenvalue weighted by molar-refractivity contribution is 0.0399. The highest BCUT2D eigenvalue weighted by atomic mass is 16.5. The predicted molar refractivity (Wildman–Crippen MR) is 80.4 cm³/mol. The van der Waals surface area contributed by atoms with Gasteiger partial charge >= 0.3 is 0 Å². The molecule has 0 aromatic rings. The zero-order chi connectivity index (χ0) is 13.8. The van der Waals surface area contributed by atoms with Gasteiger partial charge in [0, 0.05) is 38.3 Å². The van der Waals surface area contributed by atoms with Crippen molar-refractivity contribution in [1.29, 1.82) is 0 Å². The Morgan fingerprint density at radius 3 is 2.53 bits per heavy atom. The van der Waals surface area contributed by atoms with Gasteiger partial charge in [-0.05, 0) is 30.6 Å². The van der Waals surface area contributed by atoms with Crippen LogP contribution in [-0.2, 0) is 4.74 Å². The summed E-state index contributed by atoms with van der Waals surface area (Å²) in [5.74, 6) is 2.31. The first-order chi connectivity index (χ1) is 9.08. The maximum absolute atomic E-state index is 5.78. The summed E-state index contributed by atoms with van der Waals surface area (Å²) in [5, 5.41) is 3.77. The maximum Gasteiger partial charge on any atom is 0.0593 e. The zero-order valence-corrected chi connectivity index (χ0v) is 13.2. The molecular formula is C16H32N2O. The highest BCUT2D eigenvalue weighted by Gasteiger charge is 2.37. The van der Waals surface area contributed by atoms with Gasteiger partial charge in [0.25, 0.3) is 0 Å². The van der Waals surface area contributed by atoms with Gasteiger partial charge < -0.3 is 10.1 Å². The summed E-state index contributed by atoms with van der Waals surface area (Å²) in [4.78, 5) is 2.67. The van der Waals surface area contributed by atoms with Gasteiger partial charge in [-0.3, -0.25) is 4.90 Å². The molecule has 3 heteroatoms. The van der Waals surface area contributed by atoms with Gasteiger partial charge in [0.15, 0.2) is 0 Å². The third-order valence-corrected chi connectivity index (χ3v) is 4.42. The molecule has 2 fully saturated rings. The lowest BCUT2D eigenvalue weighted by Crippen LogP contribution is -2.59. The Kier molecular flexibility index (Phi) is 5.67. The molecule has 2 atom stereocenters. The van der Waals surface area contributed by atoms with Gasteiger partial charge in [-0.2, -0.15) is 0 Å². The first kappa shape index (κ1) is 15.3. The van der Waals surface area contributed by atoms with E-state index in [1.807, 2.05) is 0 Å². The number of ether oxygens (including phenoxy) is 1. The van der Waals surface area contributed by atoms with Crippen molar-refractivity contribution in [3.8, 4) is 0 Å². The van der Waals surface area contributed by atoms with E-state index in [-0.39, 0.29) is 0 Å². The summed E-state index contributed by atoms with van der Waals surface area (Å²) in [7, 11) is 0. The van der Waals surface area contributed by atoms with E-state index >= 15 is 0 Å². The summed E-state index contributed by atoms with van der Waals surface area (Å²) < 4.78 is 5.78. The van der Waals surface area contributed by atoms with E-state index in [1.165, 1.54) is 19.4 Å². The molecule has 1 saturated heterocycles. The summed E-state index contributed by atoms with van der Waals surface area (Å²) in [6, 6.07) is 1.41. The van der Waals surface area contributed by atoms with Crippen molar-refractivity contribution in [2.24, 2.45) is 17.8 Å². The molecule has 0 spiro atoms. The molecule has 2 rings (SSSR count). The summed E-state index contributed by atoms with van der Waals surface area (Å²) >= 11 is 0. The van der Waals surface area contributed by atoms with E-state index in [4.69, 9.17) is 4.74 Å². The van der Waals surface area contributed by atoms with E-state index in [9.17, 15) is 0 Å². The van der Waals surface area contributed by atoms with Crippen LogP contribution in [0.4, 0.5) is 0 Å². The molecule has 19 heavy (non-hydrogen) atoms. The lowest BCUT2D eigenvalue weighted by Gasteiger charge is -2.42. The molecular weight excluding hydrogens is 236 g/mol. The van der Waals surface area contributed by atoms with Crippen LogP contribution in [0.1, 0.15) is 40.5 Å². The fourth-order valence-corrected chi connectivity index (χ4v) is 3.08. The van der Waals surface area contributed by atoms with Crippen molar-refractivity contribution in [2.45, 2.75) is 52.6 Å². The van der Waals surface area contributed by atoms with E-state index in [2.05, 4.69) is 37.9 Å². The van der Waals surface area contributed by atoms with E-state index in [0.717, 1.165) is 44.2 Å². The van der Waals surface area contributed by atoms with Gasteiger partial charge in [0.05, 0.1) is 6.61 Å². The molecule has 1 saturated carbocycles.